The molecule has 5 nitrogen and oxygen atoms in total. The molecule has 0 aliphatic heterocycles. The summed E-state index contributed by atoms with van der Waals surface area (Å²) >= 11 is 1.33. The monoisotopic (exact) mass is 422 g/mol. The van der Waals surface area contributed by atoms with E-state index in [0.717, 1.165) is 10.3 Å². The summed E-state index contributed by atoms with van der Waals surface area (Å²) in [6.45, 7) is 5.28. The van der Waals surface area contributed by atoms with Gasteiger partial charge in [0.2, 0.25) is 5.91 Å². The molecule has 0 saturated carbocycles. The van der Waals surface area contributed by atoms with Gasteiger partial charge >= 0.3 is 0 Å². The zero-order valence-electron chi connectivity index (χ0n) is 17.0. The van der Waals surface area contributed by atoms with Crippen molar-refractivity contribution in [3.63, 3.8) is 0 Å². The summed E-state index contributed by atoms with van der Waals surface area (Å²) in [5.74, 6) is 0.0970. The molecular formula is C23H23FN4OS. The molecule has 0 saturated heterocycles. The Hall–Kier alpha value is -3.06. The maximum absolute atomic E-state index is 13.6. The van der Waals surface area contributed by atoms with Gasteiger partial charge in [-0.05, 0) is 41.3 Å². The second-order valence-corrected chi connectivity index (χ2v) is 8.51. The van der Waals surface area contributed by atoms with E-state index in [-0.39, 0.29) is 18.1 Å². The molecule has 0 N–H and O–H groups in total. The van der Waals surface area contributed by atoms with Gasteiger partial charge in [-0.15, -0.1) is 0 Å². The molecule has 0 spiro atoms. The van der Waals surface area contributed by atoms with Gasteiger partial charge in [0, 0.05) is 18.9 Å². The highest BCUT2D eigenvalue weighted by Gasteiger charge is 2.20. The predicted molar refractivity (Wildman–Crippen MR) is 118 cm³/mol. The van der Waals surface area contributed by atoms with E-state index in [9.17, 15) is 9.18 Å². The molecular weight excluding hydrogens is 399 g/mol. The zero-order valence-corrected chi connectivity index (χ0v) is 17.8. The van der Waals surface area contributed by atoms with Crippen molar-refractivity contribution in [1.82, 2.24) is 14.8 Å². The second kappa shape index (κ2) is 8.75. The first-order chi connectivity index (χ1) is 14.5. The molecule has 0 radical (unpaired) electrons. The second-order valence-electron chi connectivity index (χ2n) is 7.50. The normalized spacial score (nSPS) is 11.3. The molecule has 2 heterocycles. The standard InChI is InChI=1S/C23H23FN4OS/c1-16(2)18-6-4-17(5-7-18)14-22(29)28(13-12-27-11-3-10-25-27)23-26-20-9-8-19(24)15-21(20)30-23/h3-11,15-16H,12-14H2,1-2H3. The Labute approximate surface area is 178 Å². The maximum Gasteiger partial charge on any atom is 0.233 e. The molecule has 0 bridgehead atoms. The third-order valence-corrected chi connectivity index (χ3v) is 6.03. The SMILES string of the molecule is CC(C)c1ccc(CC(=O)N(CCn2cccn2)c2nc3ccc(F)cc3s2)cc1. The Morgan fingerprint density at radius 2 is 2.00 bits per heavy atom. The first kappa shape index (κ1) is 20.2. The number of rotatable bonds is 7. The van der Waals surface area contributed by atoms with Crippen molar-refractivity contribution in [3.8, 4) is 0 Å². The average molecular weight is 423 g/mol. The van der Waals surface area contributed by atoms with Gasteiger partial charge < -0.3 is 0 Å². The summed E-state index contributed by atoms with van der Waals surface area (Å²) in [5.41, 5.74) is 2.89. The van der Waals surface area contributed by atoms with Gasteiger partial charge in [0.05, 0.1) is 23.2 Å². The zero-order chi connectivity index (χ0) is 21.1. The van der Waals surface area contributed by atoms with Crippen LogP contribution in [0.25, 0.3) is 10.2 Å². The van der Waals surface area contributed by atoms with Crippen LogP contribution in [0.1, 0.15) is 30.9 Å². The van der Waals surface area contributed by atoms with Crippen LogP contribution in [0.15, 0.2) is 60.9 Å². The summed E-state index contributed by atoms with van der Waals surface area (Å²) in [4.78, 5) is 19.5. The van der Waals surface area contributed by atoms with E-state index in [4.69, 9.17) is 0 Å². The summed E-state index contributed by atoms with van der Waals surface area (Å²) < 4.78 is 16.1. The van der Waals surface area contributed by atoms with Crippen molar-refractivity contribution in [2.45, 2.75) is 32.7 Å². The Balaban J connectivity index is 1.58. The number of halogens is 1. The molecule has 0 aliphatic rings. The highest BCUT2D eigenvalue weighted by atomic mass is 32.1. The van der Waals surface area contributed by atoms with Crippen LogP contribution in [0, 0.1) is 5.82 Å². The molecule has 0 unspecified atom stereocenters. The number of benzene rings is 2. The molecule has 1 amide bonds. The lowest BCUT2D eigenvalue weighted by Gasteiger charge is -2.20. The van der Waals surface area contributed by atoms with Crippen LogP contribution < -0.4 is 4.90 Å². The first-order valence-electron chi connectivity index (χ1n) is 9.92. The molecule has 4 rings (SSSR count). The minimum absolute atomic E-state index is 0.0426. The topological polar surface area (TPSA) is 51.0 Å². The van der Waals surface area contributed by atoms with Crippen molar-refractivity contribution in [2.75, 3.05) is 11.4 Å². The summed E-state index contributed by atoms with van der Waals surface area (Å²) in [6.07, 6.45) is 3.85. The number of thiazole rings is 1. The number of carbonyl (C=O) groups excluding carboxylic acids is 1. The van der Waals surface area contributed by atoms with Crippen LogP contribution in [-0.2, 0) is 17.8 Å². The van der Waals surface area contributed by atoms with E-state index < -0.39 is 0 Å². The van der Waals surface area contributed by atoms with Crippen molar-refractivity contribution in [2.24, 2.45) is 0 Å². The van der Waals surface area contributed by atoms with Gasteiger partial charge in [-0.2, -0.15) is 5.10 Å². The molecule has 0 aliphatic carbocycles. The van der Waals surface area contributed by atoms with E-state index in [2.05, 4.69) is 36.1 Å². The van der Waals surface area contributed by atoms with Gasteiger partial charge in [0.1, 0.15) is 5.82 Å². The Bertz CT molecular complexity index is 1140. The minimum Gasteiger partial charge on any atom is -0.286 e. The van der Waals surface area contributed by atoms with E-state index in [1.165, 1.54) is 29.0 Å². The number of hydrogen-bond donors (Lipinski definition) is 0. The third-order valence-electron chi connectivity index (χ3n) is 4.98. The largest absolute Gasteiger partial charge is 0.286 e. The lowest BCUT2D eigenvalue weighted by Crippen LogP contribution is -2.35. The van der Waals surface area contributed by atoms with Crippen LogP contribution in [0.3, 0.4) is 0 Å². The maximum atomic E-state index is 13.6. The van der Waals surface area contributed by atoms with Crippen LogP contribution >= 0.6 is 11.3 Å². The number of nitrogens with zero attached hydrogens (tertiary/aromatic N) is 4. The minimum atomic E-state index is -0.308. The van der Waals surface area contributed by atoms with E-state index in [1.54, 1.807) is 21.8 Å². The molecule has 2 aromatic heterocycles. The fraction of sp³-hybridized carbons (Fsp3) is 0.261. The molecule has 4 aromatic rings. The fourth-order valence-electron chi connectivity index (χ4n) is 3.25. The average Bonchev–Trinajstić information content (AvgIpc) is 3.38. The number of aromatic nitrogens is 3. The third kappa shape index (κ3) is 4.57. The first-order valence-corrected chi connectivity index (χ1v) is 10.7. The van der Waals surface area contributed by atoms with Crippen LogP contribution in [0.4, 0.5) is 9.52 Å². The Morgan fingerprint density at radius 3 is 2.70 bits per heavy atom. The fourth-order valence-corrected chi connectivity index (χ4v) is 4.29. The number of carbonyl (C=O) groups is 1. The van der Waals surface area contributed by atoms with E-state index in [0.29, 0.717) is 29.7 Å². The predicted octanol–water partition coefficient (Wildman–Crippen LogP) is 5.03. The number of fused-ring (bicyclic) bond motifs is 1. The number of anilines is 1. The van der Waals surface area contributed by atoms with Gasteiger partial charge in [0.25, 0.3) is 0 Å². The lowest BCUT2D eigenvalue weighted by molar-refractivity contribution is -0.118. The van der Waals surface area contributed by atoms with Crippen molar-refractivity contribution < 1.29 is 9.18 Å². The van der Waals surface area contributed by atoms with Crippen molar-refractivity contribution >= 4 is 32.6 Å². The summed E-state index contributed by atoms with van der Waals surface area (Å²) in [6, 6.07) is 14.5. The number of amides is 1. The van der Waals surface area contributed by atoms with Gasteiger partial charge in [-0.3, -0.25) is 14.4 Å². The van der Waals surface area contributed by atoms with Crippen molar-refractivity contribution in [1.29, 1.82) is 0 Å². The highest BCUT2D eigenvalue weighted by Crippen LogP contribution is 2.30. The van der Waals surface area contributed by atoms with E-state index in [1.807, 2.05) is 24.4 Å². The van der Waals surface area contributed by atoms with Gasteiger partial charge in [-0.1, -0.05) is 49.4 Å². The van der Waals surface area contributed by atoms with Crippen molar-refractivity contribution in [3.05, 3.63) is 77.9 Å². The molecule has 154 valence electrons. The summed E-state index contributed by atoms with van der Waals surface area (Å²) in [5, 5.41) is 4.79. The Kier molecular flexibility index (Phi) is 5.90. The lowest BCUT2D eigenvalue weighted by atomic mass is 10.0. The molecule has 0 atom stereocenters. The van der Waals surface area contributed by atoms with E-state index >= 15 is 0 Å². The van der Waals surface area contributed by atoms with Crippen LogP contribution in [0.5, 0.6) is 0 Å². The molecule has 30 heavy (non-hydrogen) atoms. The van der Waals surface area contributed by atoms with Crippen LogP contribution in [-0.4, -0.2) is 27.2 Å². The number of hydrogen-bond acceptors (Lipinski definition) is 4. The van der Waals surface area contributed by atoms with Crippen LogP contribution in [0.2, 0.25) is 0 Å². The quantitative estimate of drug-likeness (QED) is 0.420. The Morgan fingerprint density at radius 1 is 1.20 bits per heavy atom. The summed E-state index contributed by atoms with van der Waals surface area (Å²) in [7, 11) is 0. The smallest absolute Gasteiger partial charge is 0.233 e. The van der Waals surface area contributed by atoms with Gasteiger partial charge in [0.15, 0.2) is 5.13 Å². The van der Waals surface area contributed by atoms with Gasteiger partial charge in [-0.25, -0.2) is 9.37 Å². The molecule has 0 fully saturated rings. The molecule has 7 heteroatoms. The molecule has 2 aromatic carbocycles. The highest BCUT2D eigenvalue weighted by molar-refractivity contribution is 7.22.